The van der Waals surface area contributed by atoms with E-state index in [-0.39, 0.29) is 12.1 Å². The lowest BCUT2D eigenvalue weighted by Gasteiger charge is -2.23. The molecule has 0 fully saturated rings. The van der Waals surface area contributed by atoms with Gasteiger partial charge in [-0.05, 0) is 25.3 Å². The molecule has 18 heavy (non-hydrogen) atoms. The van der Waals surface area contributed by atoms with Gasteiger partial charge < -0.3 is 0 Å². The Morgan fingerprint density at radius 1 is 1.56 bits per heavy atom. The number of imidazole rings is 1. The molecule has 0 saturated heterocycles. The Labute approximate surface area is 111 Å². The monoisotopic (exact) mass is 264 g/mol. The van der Waals surface area contributed by atoms with E-state index in [1.165, 1.54) is 4.88 Å². The van der Waals surface area contributed by atoms with Crippen LogP contribution < -0.4 is 4.57 Å². The van der Waals surface area contributed by atoms with Crippen molar-refractivity contribution in [3.05, 3.63) is 41.1 Å². The predicted octanol–water partition coefficient (Wildman–Crippen LogP) is 2.25. The number of rotatable bonds is 3. The molecule has 0 spiro atoms. The molecular weight excluding hydrogens is 246 g/mol. The van der Waals surface area contributed by atoms with Gasteiger partial charge in [0.25, 0.3) is 6.33 Å². The van der Waals surface area contributed by atoms with Crippen LogP contribution in [0, 0.1) is 0 Å². The van der Waals surface area contributed by atoms with Crippen molar-refractivity contribution in [3.8, 4) is 0 Å². The van der Waals surface area contributed by atoms with Gasteiger partial charge >= 0.3 is 6.03 Å². The number of nitrogens with zero attached hydrogens (tertiary/aromatic N) is 3. The Morgan fingerprint density at radius 3 is 2.83 bits per heavy atom. The minimum atomic E-state index is 0.0130. The average molecular weight is 264 g/mol. The molecule has 0 aliphatic carbocycles. The highest BCUT2D eigenvalue weighted by Gasteiger charge is 2.23. The van der Waals surface area contributed by atoms with Crippen LogP contribution in [-0.4, -0.2) is 21.5 Å². The predicted molar refractivity (Wildman–Crippen MR) is 71.4 cm³/mol. The van der Waals surface area contributed by atoms with E-state index in [4.69, 9.17) is 0 Å². The first-order chi connectivity index (χ1) is 8.58. The van der Waals surface area contributed by atoms with E-state index < -0.39 is 0 Å². The lowest BCUT2D eigenvalue weighted by molar-refractivity contribution is -0.670. The van der Waals surface area contributed by atoms with E-state index >= 15 is 0 Å². The van der Waals surface area contributed by atoms with Crippen molar-refractivity contribution in [2.24, 2.45) is 7.05 Å². The molecule has 0 aliphatic rings. The van der Waals surface area contributed by atoms with Crippen molar-refractivity contribution in [2.75, 3.05) is 0 Å². The molecule has 2 aromatic heterocycles. The van der Waals surface area contributed by atoms with Crippen LogP contribution in [0.1, 0.15) is 18.7 Å². The summed E-state index contributed by atoms with van der Waals surface area (Å²) in [6.07, 6.45) is 5.43. The molecular formula is C13H18N3OS+. The summed E-state index contributed by atoms with van der Waals surface area (Å²) in [7, 11) is 1.91. The third kappa shape index (κ3) is 2.79. The van der Waals surface area contributed by atoms with Gasteiger partial charge in [-0.25, -0.2) is 9.36 Å². The summed E-state index contributed by atoms with van der Waals surface area (Å²) >= 11 is 1.68. The maximum Gasteiger partial charge on any atom is 0.416 e. The molecule has 0 saturated carbocycles. The van der Waals surface area contributed by atoms with E-state index in [9.17, 15) is 4.79 Å². The van der Waals surface area contributed by atoms with Crippen LogP contribution in [-0.2, 0) is 13.6 Å². The fourth-order valence-corrected chi connectivity index (χ4v) is 2.46. The number of carbonyl (C=O) groups is 1. The smallest absolute Gasteiger partial charge is 0.297 e. The Hall–Kier alpha value is -1.62. The number of carbonyl (C=O) groups excluding carboxylic acids is 1. The van der Waals surface area contributed by atoms with E-state index in [1.54, 1.807) is 28.4 Å². The van der Waals surface area contributed by atoms with Gasteiger partial charge in [-0.15, -0.1) is 11.3 Å². The molecule has 0 radical (unpaired) electrons. The van der Waals surface area contributed by atoms with Gasteiger partial charge in [-0.3, -0.25) is 4.90 Å². The van der Waals surface area contributed by atoms with Crippen LogP contribution in [0.4, 0.5) is 4.79 Å². The van der Waals surface area contributed by atoms with Gasteiger partial charge in [0.05, 0.1) is 13.6 Å². The molecule has 0 unspecified atom stereocenters. The van der Waals surface area contributed by atoms with Gasteiger partial charge in [0.2, 0.25) is 0 Å². The van der Waals surface area contributed by atoms with Crippen LogP contribution in [0.25, 0.3) is 0 Å². The number of aryl methyl sites for hydroxylation is 1. The first-order valence-corrected chi connectivity index (χ1v) is 6.82. The van der Waals surface area contributed by atoms with Crippen molar-refractivity contribution < 1.29 is 9.36 Å². The second kappa shape index (κ2) is 5.35. The quantitative estimate of drug-likeness (QED) is 0.782. The van der Waals surface area contributed by atoms with Crippen LogP contribution in [0.3, 0.4) is 0 Å². The van der Waals surface area contributed by atoms with Gasteiger partial charge in [0, 0.05) is 10.9 Å². The molecule has 0 atom stereocenters. The lowest BCUT2D eigenvalue weighted by atomic mass is 10.3. The summed E-state index contributed by atoms with van der Waals surface area (Å²) in [5.41, 5.74) is 0. The van der Waals surface area contributed by atoms with Gasteiger partial charge in [-0.1, -0.05) is 6.07 Å². The number of amides is 1. The molecule has 2 heterocycles. The number of hydrogen-bond donors (Lipinski definition) is 0. The number of thiophene rings is 1. The summed E-state index contributed by atoms with van der Waals surface area (Å²) in [4.78, 5) is 15.5. The zero-order valence-corrected chi connectivity index (χ0v) is 11.7. The van der Waals surface area contributed by atoms with E-state index in [1.807, 2.05) is 48.0 Å². The highest BCUT2D eigenvalue weighted by Crippen LogP contribution is 2.14. The summed E-state index contributed by atoms with van der Waals surface area (Å²) in [6.45, 7) is 4.74. The number of hydrogen-bond acceptors (Lipinski definition) is 2. The summed E-state index contributed by atoms with van der Waals surface area (Å²) in [6, 6.07) is 4.26. The van der Waals surface area contributed by atoms with Crippen molar-refractivity contribution in [2.45, 2.75) is 26.4 Å². The molecule has 5 heteroatoms. The first-order valence-electron chi connectivity index (χ1n) is 5.94. The van der Waals surface area contributed by atoms with Gasteiger partial charge in [0.1, 0.15) is 12.4 Å². The van der Waals surface area contributed by atoms with Crippen molar-refractivity contribution in [1.82, 2.24) is 9.47 Å². The average Bonchev–Trinajstić information content (AvgIpc) is 2.95. The third-order valence-corrected chi connectivity index (χ3v) is 3.63. The second-order valence-corrected chi connectivity index (χ2v) is 5.60. The largest absolute Gasteiger partial charge is 0.416 e. The Bertz CT molecular complexity index is 516. The second-order valence-electron chi connectivity index (χ2n) is 4.57. The topological polar surface area (TPSA) is 29.1 Å². The van der Waals surface area contributed by atoms with Crippen LogP contribution in [0.5, 0.6) is 0 Å². The molecule has 0 N–H and O–H groups in total. The lowest BCUT2D eigenvalue weighted by Crippen LogP contribution is -2.39. The molecule has 4 nitrogen and oxygen atoms in total. The fraction of sp³-hybridized carbons (Fsp3) is 0.385. The minimum absolute atomic E-state index is 0.0130. The molecule has 2 rings (SSSR count). The molecule has 0 aliphatic heterocycles. The maximum absolute atomic E-state index is 12.4. The zero-order valence-electron chi connectivity index (χ0n) is 10.9. The van der Waals surface area contributed by atoms with E-state index in [0.29, 0.717) is 6.54 Å². The van der Waals surface area contributed by atoms with Crippen molar-refractivity contribution in [1.29, 1.82) is 0 Å². The maximum atomic E-state index is 12.4. The van der Waals surface area contributed by atoms with Gasteiger partial charge in [0.15, 0.2) is 0 Å². The van der Waals surface area contributed by atoms with Gasteiger partial charge in [-0.2, -0.15) is 4.57 Å². The molecule has 1 amide bonds. The van der Waals surface area contributed by atoms with Crippen LogP contribution in [0.15, 0.2) is 36.2 Å². The van der Waals surface area contributed by atoms with E-state index in [2.05, 4.69) is 6.07 Å². The van der Waals surface area contributed by atoms with Crippen molar-refractivity contribution >= 4 is 17.4 Å². The zero-order chi connectivity index (χ0) is 13.1. The molecule has 96 valence electrons. The Kier molecular flexibility index (Phi) is 3.81. The summed E-state index contributed by atoms with van der Waals surface area (Å²) < 4.78 is 3.48. The molecule has 0 bridgehead atoms. The minimum Gasteiger partial charge on any atom is -0.297 e. The SMILES string of the molecule is CC(C)N(Cc1cccs1)C(=O)n1cc[n+](C)c1. The molecule has 0 aromatic carbocycles. The normalized spacial score (nSPS) is 10.9. The molecule has 2 aromatic rings. The first kappa shape index (κ1) is 12.8. The standard InChI is InChI=1S/C13H18N3OS/c1-11(2)16(9-12-5-4-8-18-12)13(17)15-7-6-14(3)10-15/h4-8,10-11H,9H2,1-3H3/q+1. The van der Waals surface area contributed by atoms with Crippen LogP contribution in [0.2, 0.25) is 0 Å². The van der Waals surface area contributed by atoms with Crippen molar-refractivity contribution in [3.63, 3.8) is 0 Å². The number of aromatic nitrogens is 2. The fourth-order valence-electron chi connectivity index (χ4n) is 1.75. The summed E-state index contributed by atoms with van der Waals surface area (Å²) in [5, 5.41) is 2.04. The van der Waals surface area contributed by atoms with E-state index in [0.717, 1.165) is 0 Å². The highest BCUT2D eigenvalue weighted by atomic mass is 32.1. The Morgan fingerprint density at radius 2 is 2.33 bits per heavy atom. The Balaban J connectivity index is 2.17. The highest BCUT2D eigenvalue weighted by molar-refractivity contribution is 7.09. The van der Waals surface area contributed by atoms with Crippen LogP contribution >= 0.6 is 11.3 Å². The summed E-state index contributed by atoms with van der Waals surface area (Å²) in [5.74, 6) is 0. The third-order valence-electron chi connectivity index (χ3n) is 2.77.